The molecule has 0 amide bonds. The molecular formula is C16H28IN5. The standard InChI is InChI=1S/C16H27N5.HI/c1-12-6-5-9-21(11-12)16(17)18-10-15-13-7-3-4-8-14(13)19-20(15)2;/h12H,3-11H2,1-2H3,(H2,17,18);1H. The number of halogens is 1. The lowest BCUT2D eigenvalue weighted by molar-refractivity contribution is 0.270. The van der Waals surface area contributed by atoms with Gasteiger partial charge in [-0.1, -0.05) is 6.92 Å². The first kappa shape index (κ1) is 17.6. The lowest BCUT2D eigenvalue weighted by atomic mass is 9.96. The Bertz CT molecular complexity index is 537. The Morgan fingerprint density at radius 2 is 2.09 bits per heavy atom. The summed E-state index contributed by atoms with van der Waals surface area (Å²) in [6.07, 6.45) is 7.33. The van der Waals surface area contributed by atoms with Gasteiger partial charge in [0.1, 0.15) is 0 Å². The van der Waals surface area contributed by atoms with Gasteiger partial charge < -0.3 is 10.6 Å². The van der Waals surface area contributed by atoms with Gasteiger partial charge in [0, 0.05) is 20.1 Å². The van der Waals surface area contributed by atoms with Crippen LogP contribution in [0.3, 0.4) is 0 Å². The lowest BCUT2D eigenvalue weighted by Gasteiger charge is -2.31. The molecule has 22 heavy (non-hydrogen) atoms. The highest BCUT2D eigenvalue weighted by atomic mass is 127. The summed E-state index contributed by atoms with van der Waals surface area (Å²) in [4.78, 5) is 6.89. The molecule has 0 spiro atoms. The maximum Gasteiger partial charge on any atom is 0.191 e. The highest BCUT2D eigenvalue weighted by molar-refractivity contribution is 14.0. The molecule has 2 heterocycles. The largest absolute Gasteiger partial charge is 0.370 e. The van der Waals surface area contributed by atoms with E-state index in [1.807, 2.05) is 11.7 Å². The lowest BCUT2D eigenvalue weighted by Crippen LogP contribution is -2.43. The maximum atomic E-state index is 6.20. The number of guanidine groups is 1. The molecule has 2 aliphatic rings. The second-order valence-corrected chi connectivity index (χ2v) is 6.57. The van der Waals surface area contributed by atoms with E-state index >= 15 is 0 Å². The Hall–Kier alpha value is -0.790. The number of fused-ring (bicyclic) bond motifs is 1. The highest BCUT2D eigenvalue weighted by Crippen LogP contribution is 2.24. The third-order valence-electron chi connectivity index (χ3n) is 4.82. The fraction of sp³-hybridized carbons (Fsp3) is 0.750. The summed E-state index contributed by atoms with van der Waals surface area (Å²) in [5.41, 5.74) is 10.1. The van der Waals surface area contributed by atoms with Gasteiger partial charge >= 0.3 is 0 Å². The molecule has 6 heteroatoms. The van der Waals surface area contributed by atoms with E-state index in [0.717, 1.165) is 31.8 Å². The van der Waals surface area contributed by atoms with Gasteiger partial charge in [-0.3, -0.25) is 4.68 Å². The third kappa shape index (κ3) is 3.75. The van der Waals surface area contributed by atoms with Gasteiger partial charge in [0.2, 0.25) is 0 Å². The smallest absolute Gasteiger partial charge is 0.191 e. The molecule has 0 saturated carbocycles. The molecular weight excluding hydrogens is 389 g/mol. The minimum Gasteiger partial charge on any atom is -0.370 e. The number of nitrogens with two attached hydrogens (primary N) is 1. The third-order valence-corrected chi connectivity index (χ3v) is 4.82. The number of nitrogens with zero attached hydrogens (tertiary/aromatic N) is 4. The van der Waals surface area contributed by atoms with E-state index in [9.17, 15) is 0 Å². The van der Waals surface area contributed by atoms with Gasteiger partial charge in [0.15, 0.2) is 5.96 Å². The summed E-state index contributed by atoms with van der Waals surface area (Å²) in [6.45, 7) is 5.04. The molecule has 0 radical (unpaired) electrons. The minimum absolute atomic E-state index is 0. The molecule has 1 aromatic heterocycles. The zero-order valence-corrected chi connectivity index (χ0v) is 16.0. The van der Waals surface area contributed by atoms with Crippen molar-refractivity contribution in [2.45, 2.75) is 52.0 Å². The van der Waals surface area contributed by atoms with Gasteiger partial charge in [0.05, 0.1) is 17.9 Å². The molecule has 3 rings (SSSR count). The Balaban J connectivity index is 0.00000176. The number of piperidine rings is 1. The number of aryl methyl sites for hydroxylation is 2. The van der Waals surface area contributed by atoms with Crippen LogP contribution in [0.25, 0.3) is 0 Å². The molecule has 2 N–H and O–H groups in total. The van der Waals surface area contributed by atoms with E-state index in [1.54, 1.807) is 0 Å². The predicted octanol–water partition coefficient (Wildman–Crippen LogP) is 2.46. The van der Waals surface area contributed by atoms with Gasteiger partial charge in [-0.15, -0.1) is 24.0 Å². The SMILES string of the molecule is CC1CCCN(C(N)=NCc2c3c(nn2C)CCCC3)C1.I. The molecule has 5 nitrogen and oxygen atoms in total. The van der Waals surface area contributed by atoms with Crippen molar-refractivity contribution < 1.29 is 0 Å². The average molecular weight is 417 g/mol. The van der Waals surface area contributed by atoms with Crippen LogP contribution in [0.5, 0.6) is 0 Å². The Morgan fingerprint density at radius 3 is 2.86 bits per heavy atom. The molecule has 1 aromatic rings. The Kier molecular flexibility index (Phi) is 6.11. The van der Waals surface area contributed by atoms with Crippen LogP contribution in [0.1, 0.15) is 49.6 Å². The summed E-state index contributed by atoms with van der Waals surface area (Å²) in [6, 6.07) is 0. The van der Waals surface area contributed by atoms with Crippen LogP contribution in [-0.4, -0.2) is 33.7 Å². The van der Waals surface area contributed by atoms with Crippen LogP contribution in [-0.2, 0) is 26.4 Å². The van der Waals surface area contributed by atoms with Crippen molar-refractivity contribution in [2.24, 2.45) is 23.7 Å². The second kappa shape index (κ2) is 7.66. The molecule has 0 bridgehead atoms. The van der Waals surface area contributed by atoms with Gasteiger partial charge in [0.25, 0.3) is 0 Å². The molecule has 1 saturated heterocycles. The normalized spacial score (nSPS) is 22.2. The van der Waals surface area contributed by atoms with Crippen molar-refractivity contribution in [3.05, 3.63) is 17.0 Å². The molecule has 1 unspecified atom stereocenters. The quantitative estimate of drug-likeness (QED) is 0.457. The minimum atomic E-state index is 0. The van der Waals surface area contributed by atoms with Crippen molar-refractivity contribution in [3.63, 3.8) is 0 Å². The van der Waals surface area contributed by atoms with Crippen LogP contribution in [0, 0.1) is 5.92 Å². The van der Waals surface area contributed by atoms with Crippen molar-refractivity contribution in [1.29, 1.82) is 0 Å². The van der Waals surface area contributed by atoms with E-state index in [-0.39, 0.29) is 24.0 Å². The maximum absolute atomic E-state index is 6.20. The average Bonchev–Trinajstić information content (AvgIpc) is 2.80. The highest BCUT2D eigenvalue weighted by Gasteiger charge is 2.20. The Morgan fingerprint density at radius 1 is 1.32 bits per heavy atom. The summed E-state index contributed by atoms with van der Waals surface area (Å²) < 4.78 is 2.01. The number of aromatic nitrogens is 2. The monoisotopic (exact) mass is 417 g/mol. The van der Waals surface area contributed by atoms with Crippen LogP contribution < -0.4 is 5.73 Å². The van der Waals surface area contributed by atoms with Crippen molar-refractivity contribution in [3.8, 4) is 0 Å². The number of rotatable bonds is 2. The molecule has 1 aliphatic heterocycles. The number of likely N-dealkylation sites (tertiary alicyclic amines) is 1. The van der Waals surface area contributed by atoms with Crippen LogP contribution in [0.4, 0.5) is 0 Å². The summed E-state index contributed by atoms with van der Waals surface area (Å²) in [5, 5.41) is 4.65. The van der Waals surface area contributed by atoms with Crippen molar-refractivity contribution >= 4 is 29.9 Å². The van der Waals surface area contributed by atoms with Crippen LogP contribution in [0.15, 0.2) is 4.99 Å². The first-order valence-electron chi connectivity index (χ1n) is 8.23. The zero-order valence-electron chi connectivity index (χ0n) is 13.7. The van der Waals surface area contributed by atoms with Crippen LogP contribution >= 0.6 is 24.0 Å². The van der Waals surface area contributed by atoms with Crippen molar-refractivity contribution in [1.82, 2.24) is 14.7 Å². The summed E-state index contributed by atoms with van der Waals surface area (Å²) >= 11 is 0. The zero-order chi connectivity index (χ0) is 14.8. The topological polar surface area (TPSA) is 59.4 Å². The van der Waals surface area contributed by atoms with E-state index in [0.29, 0.717) is 12.5 Å². The van der Waals surface area contributed by atoms with Gasteiger partial charge in [-0.05, 0) is 50.0 Å². The summed E-state index contributed by atoms with van der Waals surface area (Å²) in [5.74, 6) is 1.42. The predicted molar refractivity (Wildman–Crippen MR) is 101 cm³/mol. The fourth-order valence-corrected chi connectivity index (χ4v) is 3.60. The van der Waals surface area contributed by atoms with E-state index < -0.39 is 0 Å². The number of hydrogen-bond acceptors (Lipinski definition) is 2. The van der Waals surface area contributed by atoms with E-state index in [4.69, 9.17) is 5.73 Å². The fourth-order valence-electron chi connectivity index (χ4n) is 3.60. The van der Waals surface area contributed by atoms with E-state index in [2.05, 4.69) is 21.9 Å². The molecule has 1 aliphatic carbocycles. The van der Waals surface area contributed by atoms with E-state index in [1.165, 1.54) is 42.6 Å². The Labute approximate surface area is 150 Å². The second-order valence-electron chi connectivity index (χ2n) is 6.57. The molecule has 1 fully saturated rings. The summed E-state index contributed by atoms with van der Waals surface area (Å²) in [7, 11) is 2.03. The van der Waals surface area contributed by atoms with Crippen molar-refractivity contribution in [2.75, 3.05) is 13.1 Å². The van der Waals surface area contributed by atoms with Gasteiger partial charge in [-0.2, -0.15) is 5.10 Å². The molecule has 0 aromatic carbocycles. The first-order chi connectivity index (χ1) is 10.1. The first-order valence-corrected chi connectivity index (χ1v) is 8.23. The number of aliphatic imine (C=N–C) groups is 1. The molecule has 124 valence electrons. The number of hydrogen-bond donors (Lipinski definition) is 1. The molecule has 1 atom stereocenters. The van der Waals surface area contributed by atoms with Crippen LogP contribution in [0.2, 0.25) is 0 Å². The van der Waals surface area contributed by atoms with Gasteiger partial charge in [-0.25, -0.2) is 4.99 Å².